The van der Waals surface area contributed by atoms with Crippen LogP contribution in [-0.2, 0) is 0 Å². The van der Waals surface area contributed by atoms with E-state index in [4.69, 9.17) is 14.2 Å². The van der Waals surface area contributed by atoms with Crippen LogP contribution in [0.15, 0.2) is 71.8 Å². The summed E-state index contributed by atoms with van der Waals surface area (Å²) in [5.74, 6) is -0.387. The minimum atomic E-state index is -0.585. The van der Waals surface area contributed by atoms with Crippen LogP contribution in [-0.4, -0.2) is 24.9 Å². The number of ether oxygens (including phenoxy) is 3. The molecule has 0 unspecified atom stereocenters. The molecule has 1 aliphatic heterocycles. The average Bonchev–Trinajstić information content (AvgIpc) is 3.22. The molecule has 3 aromatic rings. The topological polar surface area (TPSA) is 86.2 Å². The molecule has 30 heavy (non-hydrogen) atoms. The van der Waals surface area contributed by atoms with Gasteiger partial charge in [0, 0.05) is 11.1 Å². The lowest BCUT2D eigenvalue weighted by atomic mass is 10.2. The van der Waals surface area contributed by atoms with Crippen LogP contribution < -0.4 is 19.6 Å². The summed E-state index contributed by atoms with van der Waals surface area (Å²) in [4.78, 5) is 24.5. The predicted octanol–water partition coefficient (Wildman–Crippen LogP) is 3.54. The molecule has 0 bridgehead atoms. The number of carbonyl (C=O) groups is 2. The van der Waals surface area contributed by atoms with Gasteiger partial charge in [-0.05, 0) is 48.5 Å². The van der Waals surface area contributed by atoms with Crippen LogP contribution >= 0.6 is 0 Å². The molecule has 1 N–H and O–H groups in total. The largest absolute Gasteiger partial charge is 0.454 e. The fourth-order valence-corrected chi connectivity index (χ4v) is 2.72. The van der Waals surface area contributed by atoms with Crippen molar-refractivity contribution in [2.45, 2.75) is 0 Å². The third kappa shape index (κ3) is 4.27. The van der Waals surface area contributed by atoms with Gasteiger partial charge in [-0.3, -0.25) is 4.79 Å². The van der Waals surface area contributed by atoms with E-state index in [1.54, 1.807) is 42.5 Å². The van der Waals surface area contributed by atoms with Gasteiger partial charge in [0.05, 0.1) is 11.8 Å². The first-order valence-electron chi connectivity index (χ1n) is 8.90. The van der Waals surface area contributed by atoms with E-state index in [2.05, 4.69) is 10.5 Å². The Labute approximate surface area is 170 Å². The summed E-state index contributed by atoms with van der Waals surface area (Å²) in [6.45, 7) is 0.106. The van der Waals surface area contributed by atoms with Gasteiger partial charge in [0.2, 0.25) is 6.79 Å². The normalized spacial score (nSPS) is 12.0. The van der Waals surface area contributed by atoms with Crippen molar-refractivity contribution in [3.05, 3.63) is 89.2 Å². The number of hydrogen-bond acceptors (Lipinski definition) is 6. The van der Waals surface area contributed by atoms with E-state index in [-0.39, 0.29) is 18.1 Å². The summed E-state index contributed by atoms with van der Waals surface area (Å²) in [6.07, 6.45) is 1.33. The number of hydrogen-bond donors (Lipinski definition) is 1. The number of nitrogens with one attached hydrogen (secondary N) is 1. The molecule has 7 nitrogen and oxygen atoms in total. The highest BCUT2D eigenvalue weighted by Gasteiger charge is 2.18. The molecule has 0 aliphatic carbocycles. The Morgan fingerprint density at radius 3 is 2.67 bits per heavy atom. The molecular formula is C22H15FN2O5. The molecule has 0 atom stereocenters. The van der Waals surface area contributed by atoms with Crippen LogP contribution in [0.3, 0.4) is 0 Å². The summed E-state index contributed by atoms with van der Waals surface area (Å²) in [5, 5.41) is 3.86. The highest BCUT2D eigenvalue weighted by atomic mass is 19.1. The van der Waals surface area contributed by atoms with Crippen molar-refractivity contribution in [1.29, 1.82) is 0 Å². The number of halogens is 1. The summed E-state index contributed by atoms with van der Waals surface area (Å²) >= 11 is 0. The fraction of sp³-hybridized carbons (Fsp3) is 0.0455. The van der Waals surface area contributed by atoms with E-state index in [0.29, 0.717) is 22.6 Å². The van der Waals surface area contributed by atoms with Gasteiger partial charge in [0.25, 0.3) is 5.91 Å². The molecule has 0 saturated carbocycles. The lowest BCUT2D eigenvalue weighted by Crippen LogP contribution is -2.17. The van der Waals surface area contributed by atoms with E-state index in [1.807, 2.05) is 0 Å². The lowest BCUT2D eigenvalue weighted by Gasteiger charge is -2.08. The summed E-state index contributed by atoms with van der Waals surface area (Å²) in [6, 6.07) is 16.7. The van der Waals surface area contributed by atoms with E-state index in [1.165, 1.54) is 24.4 Å². The minimum Gasteiger partial charge on any atom is -0.454 e. The molecule has 4 rings (SSSR count). The molecule has 150 valence electrons. The molecule has 3 aromatic carbocycles. The van der Waals surface area contributed by atoms with Gasteiger partial charge in [-0.2, -0.15) is 5.10 Å². The average molecular weight is 406 g/mol. The van der Waals surface area contributed by atoms with Gasteiger partial charge in [0.15, 0.2) is 11.5 Å². The number of fused-ring (bicyclic) bond motifs is 1. The second kappa shape index (κ2) is 8.44. The van der Waals surface area contributed by atoms with Crippen molar-refractivity contribution in [1.82, 2.24) is 5.43 Å². The molecule has 0 saturated heterocycles. The monoisotopic (exact) mass is 406 g/mol. The van der Waals surface area contributed by atoms with Crippen LogP contribution in [0.1, 0.15) is 26.3 Å². The van der Waals surface area contributed by atoms with Crippen molar-refractivity contribution >= 4 is 18.1 Å². The molecule has 0 radical (unpaired) electrons. The number of benzene rings is 3. The summed E-state index contributed by atoms with van der Waals surface area (Å²) in [7, 11) is 0. The van der Waals surface area contributed by atoms with Gasteiger partial charge in [-0.25, -0.2) is 14.6 Å². The van der Waals surface area contributed by atoms with Crippen LogP contribution in [0, 0.1) is 5.82 Å². The highest BCUT2D eigenvalue weighted by molar-refractivity contribution is 5.96. The zero-order valence-corrected chi connectivity index (χ0v) is 15.5. The van der Waals surface area contributed by atoms with Crippen molar-refractivity contribution in [3.63, 3.8) is 0 Å². The van der Waals surface area contributed by atoms with Gasteiger partial charge in [0.1, 0.15) is 11.6 Å². The van der Waals surface area contributed by atoms with Crippen molar-refractivity contribution in [2.75, 3.05) is 6.79 Å². The van der Waals surface area contributed by atoms with Crippen LogP contribution in [0.4, 0.5) is 4.39 Å². The standard InChI is InChI=1S/C22H15FN2O5/c23-17-6-3-5-14(10-17)21(26)25-24-12-16-4-1-2-7-18(16)30-22(27)15-8-9-19-20(11-15)29-13-28-19/h1-12H,13H2,(H,25,26)/b24-12-. The molecule has 1 aliphatic rings. The number of rotatable bonds is 5. The maximum absolute atomic E-state index is 13.2. The smallest absolute Gasteiger partial charge is 0.343 e. The quantitative estimate of drug-likeness (QED) is 0.303. The molecule has 1 amide bonds. The van der Waals surface area contributed by atoms with Crippen LogP contribution in [0.2, 0.25) is 0 Å². The number of para-hydroxylation sites is 1. The van der Waals surface area contributed by atoms with Gasteiger partial charge in [-0.15, -0.1) is 0 Å². The van der Waals surface area contributed by atoms with E-state index < -0.39 is 17.7 Å². The number of amides is 1. The predicted molar refractivity (Wildman–Crippen MR) is 105 cm³/mol. The first-order valence-corrected chi connectivity index (χ1v) is 8.90. The number of hydrazone groups is 1. The second-order valence-corrected chi connectivity index (χ2v) is 6.20. The fourth-order valence-electron chi connectivity index (χ4n) is 2.72. The first kappa shape index (κ1) is 19.1. The van der Waals surface area contributed by atoms with E-state index >= 15 is 0 Å². The third-order valence-electron chi connectivity index (χ3n) is 4.19. The van der Waals surface area contributed by atoms with E-state index in [0.717, 1.165) is 6.07 Å². The minimum absolute atomic E-state index is 0.106. The Hall–Kier alpha value is -4.20. The highest BCUT2D eigenvalue weighted by Crippen LogP contribution is 2.32. The third-order valence-corrected chi connectivity index (χ3v) is 4.19. The maximum atomic E-state index is 13.2. The molecular weight excluding hydrogens is 391 g/mol. The molecule has 1 heterocycles. The molecule has 0 spiro atoms. The Morgan fingerprint density at radius 2 is 1.80 bits per heavy atom. The molecule has 8 heteroatoms. The Balaban J connectivity index is 1.45. The second-order valence-electron chi connectivity index (χ2n) is 6.20. The van der Waals surface area contributed by atoms with Crippen molar-refractivity contribution < 1.29 is 28.2 Å². The van der Waals surface area contributed by atoms with Gasteiger partial charge >= 0.3 is 5.97 Å². The zero-order valence-electron chi connectivity index (χ0n) is 15.5. The lowest BCUT2D eigenvalue weighted by molar-refractivity contribution is 0.0733. The van der Waals surface area contributed by atoms with Gasteiger partial charge in [-0.1, -0.05) is 18.2 Å². The summed E-state index contributed by atoms with van der Waals surface area (Å²) in [5.41, 5.74) is 3.20. The zero-order chi connectivity index (χ0) is 20.9. The molecule has 0 fully saturated rings. The van der Waals surface area contributed by atoms with Crippen LogP contribution in [0.25, 0.3) is 0 Å². The Kier molecular flexibility index (Phi) is 5.38. The molecule has 0 aromatic heterocycles. The Morgan fingerprint density at radius 1 is 0.967 bits per heavy atom. The van der Waals surface area contributed by atoms with Gasteiger partial charge < -0.3 is 14.2 Å². The number of nitrogens with zero attached hydrogens (tertiary/aromatic N) is 1. The van der Waals surface area contributed by atoms with Crippen LogP contribution in [0.5, 0.6) is 17.2 Å². The number of carbonyl (C=O) groups excluding carboxylic acids is 2. The first-order chi connectivity index (χ1) is 14.6. The number of esters is 1. The maximum Gasteiger partial charge on any atom is 0.343 e. The summed E-state index contributed by atoms with van der Waals surface area (Å²) < 4.78 is 29.2. The van der Waals surface area contributed by atoms with E-state index in [9.17, 15) is 14.0 Å². The SMILES string of the molecule is O=C(N/N=C\c1ccccc1OC(=O)c1ccc2c(c1)OCO2)c1cccc(F)c1. The Bertz CT molecular complexity index is 1150. The van der Waals surface area contributed by atoms with Crippen molar-refractivity contribution in [2.24, 2.45) is 5.10 Å². The van der Waals surface area contributed by atoms with Crippen molar-refractivity contribution in [3.8, 4) is 17.2 Å².